The Balaban J connectivity index is 2.57. The Labute approximate surface area is 116 Å². The van der Waals surface area contributed by atoms with Crippen LogP contribution in [0.2, 0.25) is 0 Å². The molecule has 1 aromatic rings. The second-order valence-corrected chi connectivity index (χ2v) is 6.42. The van der Waals surface area contributed by atoms with Crippen LogP contribution in [0.4, 0.5) is 0 Å². The fourth-order valence-corrected chi connectivity index (χ4v) is 1.79. The lowest BCUT2D eigenvalue weighted by Crippen LogP contribution is -2.49. The third-order valence-electron chi connectivity index (χ3n) is 2.20. The van der Waals surface area contributed by atoms with Crippen molar-refractivity contribution >= 4 is 28.5 Å². The Kier molecular flexibility index (Phi) is 4.94. The van der Waals surface area contributed by atoms with Crippen LogP contribution in [0.3, 0.4) is 0 Å². The van der Waals surface area contributed by atoms with E-state index in [0.29, 0.717) is 6.42 Å². The highest BCUT2D eigenvalue weighted by Gasteiger charge is 2.19. The van der Waals surface area contributed by atoms with Gasteiger partial charge < -0.3 is 11.1 Å². The number of amides is 1. The van der Waals surface area contributed by atoms with Gasteiger partial charge in [0.1, 0.15) is 0 Å². The van der Waals surface area contributed by atoms with E-state index in [-0.39, 0.29) is 11.4 Å². The zero-order valence-electron chi connectivity index (χ0n) is 10.5. The Hall–Kier alpha value is -0.620. The molecule has 0 aliphatic carbocycles. The van der Waals surface area contributed by atoms with Crippen molar-refractivity contribution in [3.63, 3.8) is 0 Å². The predicted molar refractivity (Wildman–Crippen MR) is 78.7 cm³/mol. The quantitative estimate of drug-likeness (QED) is 0.824. The van der Waals surface area contributed by atoms with Gasteiger partial charge in [0.25, 0.3) is 0 Å². The number of carbonyl (C=O) groups excluding carboxylic acids is 1. The average molecular weight is 346 g/mol. The van der Waals surface area contributed by atoms with E-state index < -0.39 is 6.04 Å². The van der Waals surface area contributed by atoms with E-state index in [0.717, 1.165) is 5.56 Å². The van der Waals surface area contributed by atoms with Crippen LogP contribution < -0.4 is 11.1 Å². The van der Waals surface area contributed by atoms with Crippen LogP contribution >= 0.6 is 22.6 Å². The molecule has 3 nitrogen and oxygen atoms in total. The highest BCUT2D eigenvalue weighted by atomic mass is 127. The average Bonchev–Trinajstić information content (AvgIpc) is 2.19. The summed E-state index contributed by atoms with van der Waals surface area (Å²) in [6.07, 6.45) is 0.568. The molecule has 94 valence electrons. The van der Waals surface area contributed by atoms with E-state index in [1.807, 2.05) is 45.0 Å². The van der Waals surface area contributed by atoms with Gasteiger partial charge in [0.2, 0.25) is 5.91 Å². The van der Waals surface area contributed by atoms with Crippen molar-refractivity contribution in [2.75, 3.05) is 0 Å². The first-order valence-electron chi connectivity index (χ1n) is 5.60. The number of nitrogens with two attached hydrogens (primary N) is 1. The second kappa shape index (κ2) is 5.82. The zero-order valence-corrected chi connectivity index (χ0v) is 12.6. The molecule has 0 saturated carbocycles. The van der Waals surface area contributed by atoms with E-state index in [2.05, 4.69) is 27.9 Å². The van der Waals surface area contributed by atoms with Gasteiger partial charge in [-0.25, -0.2) is 0 Å². The maximum atomic E-state index is 11.8. The molecule has 0 aromatic heterocycles. The normalized spacial score (nSPS) is 13.2. The maximum Gasteiger partial charge on any atom is 0.237 e. The first kappa shape index (κ1) is 14.4. The monoisotopic (exact) mass is 346 g/mol. The van der Waals surface area contributed by atoms with Crippen molar-refractivity contribution in [3.8, 4) is 0 Å². The lowest BCUT2D eigenvalue weighted by molar-refractivity contribution is -0.123. The van der Waals surface area contributed by atoms with Gasteiger partial charge in [0.05, 0.1) is 6.04 Å². The van der Waals surface area contributed by atoms with Crippen LogP contribution in [0, 0.1) is 3.57 Å². The van der Waals surface area contributed by atoms with E-state index in [9.17, 15) is 4.79 Å². The van der Waals surface area contributed by atoms with Gasteiger partial charge in [-0.1, -0.05) is 12.1 Å². The van der Waals surface area contributed by atoms with Crippen molar-refractivity contribution in [2.24, 2.45) is 5.73 Å². The van der Waals surface area contributed by atoms with Crippen molar-refractivity contribution in [1.82, 2.24) is 5.32 Å². The molecule has 0 spiro atoms. The van der Waals surface area contributed by atoms with Crippen LogP contribution in [0.15, 0.2) is 24.3 Å². The highest BCUT2D eigenvalue weighted by Crippen LogP contribution is 2.09. The molecular formula is C13H19IN2O. The highest BCUT2D eigenvalue weighted by molar-refractivity contribution is 14.1. The molecule has 0 unspecified atom stereocenters. The van der Waals surface area contributed by atoms with E-state index in [1.165, 1.54) is 3.57 Å². The maximum absolute atomic E-state index is 11.8. The summed E-state index contributed by atoms with van der Waals surface area (Å²) in [4.78, 5) is 11.8. The number of carbonyl (C=O) groups is 1. The van der Waals surface area contributed by atoms with Crippen molar-refractivity contribution in [1.29, 1.82) is 0 Å². The van der Waals surface area contributed by atoms with Crippen LogP contribution in [-0.2, 0) is 11.2 Å². The predicted octanol–water partition coefficient (Wildman–Crippen LogP) is 2.08. The smallest absolute Gasteiger partial charge is 0.237 e. The van der Waals surface area contributed by atoms with Gasteiger partial charge in [-0.3, -0.25) is 4.79 Å². The van der Waals surface area contributed by atoms with Gasteiger partial charge in [-0.05, 0) is 67.5 Å². The second-order valence-electron chi connectivity index (χ2n) is 5.18. The number of hydrogen-bond acceptors (Lipinski definition) is 2. The first-order chi connectivity index (χ1) is 7.78. The van der Waals surface area contributed by atoms with Crippen LogP contribution in [0.5, 0.6) is 0 Å². The molecule has 3 N–H and O–H groups in total. The number of benzene rings is 1. The lowest BCUT2D eigenvalue weighted by Gasteiger charge is -2.23. The molecule has 0 bridgehead atoms. The van der Waals surface area contributed by atoms with Crippen LogP contribution in [0.1, 0.15) is 26.3 Å². The molecule has 4 heteroatoms. The topological polar surface area (TPSA) is 55.1 Å². The third kappa shape index (κ3) is 5.50. The van der Waals surface area contributed by atoms with Crippen LogP contribution in [-0.4, -0.2) is 17.5 Å². The molecule has 1 aromatic carbocycles. The molecule has 1 atom stereocenters. The molecule has 0 fully saturated rings. The molecule has 0 heterocycles. The Morgan fingerprint density at radius 2 is 1.88 bits per heavy atom. The molecule has 1 amide bonds. The summed E-state index contributed by atoms with van der Waals surface area (Å²) in [5, 5.41) is 2.89. The standard InChI is InChI=1S/C13H19IN2O/c1-13(2,3)16-12(17)11(15)8-9-4-6-10(14)7-5-9/h4-7,11H,8,15H2,1-3H3,(H,16,17)/t11-/m0/s1. The number of rotatable bonds is 3. The molecule has 0 radical (unpaired) electrons. The summed E-state index contributed by atoms with van der Waals surface area (Å²) in [7, 11) is 0. The van der Waals surface area contributed by atoms with Gasteiger partial charge in [-0.15, -0.1) is 0 Å². The van der Waals surface area contributed by atoms with Gasteiger partial charge in [0.15, 0.2) is 0 Å². The van der Waals surface area contributed by atoms with E-state index in [1.54, 1.807) is 0 Å². The van der Waals surface area contributed by atoms with Crippen molar-refractivity contribution in [3.05, 3.63) is 33.4 Å². The largest absolute Gasteiger partial charge is 0.350 e. The number of nitrogens with one attached hydrogen (secondary N) is 1. The fourth-order valence-electron chi connectivity index (χ4n) is 1.43. The minimum absolute atomic E-state index is 0.101. The summed E-state index contributed by atoms with van der Waals surface area (Å²) in [6, 6.07) is 7.56. The molecule has 1 rings (SSSR count). The van der Waals surface area contributed by atoms with E-state index in [4.69, 9.17) is 5.73 Å². The molecular weight excluding hydrogens is 327 g/mol. The minimum atomic E-state index is -0.491. The van der Waals surface area contributed by atoms with Gasteiger partial charge in [-0.2, -0.15) is 0 Å². The lowest BCUT2D eigenvalue weighted by atomic mass is 10.0. The fraction of sp³-hybridized carbons (Fsp3) is 0.462. The molecule has 0 saturated heterocycles. The summed E-state index contributed by atoms with van der Waals surface area (Å²) in [5.41, 5.74) is 6.73. The van der Waals surface area contributed by atoms with Gasteiger partial charge >= 0.3 is 0 Å². The third-order valence-corrected chi connectivity index (χ3v) is 2.92. The zero-order chi connectivity index (χ0) is 13.1. The molecule has 0 aliphatic rings. The SMILES string of the molecule is CC(C)(C)NC(=O)[C@@H](N)Cc1ccc(I)cc1. The summed E-state index contributed by atoms with van der Waals surface area (Å²) >= 11 is 2.25. The Bertz CT molecular complexity index is 381. The van der Waals surface area contributed by atoms with Crippen molar-refractivity contribution in [2.45, 2.75) is 38.8 Å². The molecule has 17 heavy (non-hydrogen) atoms. The number of halogens is 1. The Morgan fingerprint density at radius 1 is 1.35 bits per heavy atom. The summed E-state index contributed by atoms with van der Waals surface area (Å²) in [5.74, 6) is -0.101. The van der Waals surface area contributed by atoms with Crippen molar-refractivity contribution < 1.29 is 4.79 Å². The van der Waals surface area contributed by atoms with Gasteiger partial charge in [0, 0.05) is 9.11 Å². The first-order valence-corrected chi connectivity index (χ1v) is 6.68. The number of hydrogen-bond donors (Lipinski definition) is 2. The Morgan fingerprint density at radius 3 is 2.35 bits per heavy atom. The molecule has 0 aliphatic heterocycles. The van der Waals surface area contributed by atoms with E-state index >= 15 is 0 Å². The minimum Gasteiger partial charge on any atom is -0.350 e. The summed E-state index contributed by atoms with van der Waals surface area (Å²) < 4.78 is 1.18. The summed E-state index contributed by atoms with van der Waals surface area (Å²) in [6.45, 7) is 5.84. The van der Waals surface area contributed by atoms with Crippen LogP contribution in [0.25, 0.3) is 0 Å².